The zero-order valence-corrected chi connectivity index (χ0v) is 15.6. The number of carbonyl (C=O) groups is 1. The largest absolute Gasteiger partial charge is 0.416 e. The molecule has 1 atom stereocenters. The Morgan fingerprint density at radius 2 is 1.93 bits per heavy atom. The van der Waals surface area contributed by atoms with Gasteiger partial charge in [-0.2, -0.15) is 13.2 Å². The van der Waals surface area contributed by atoms with Gasteiger partial charge in [-0.3, -0.25) is 14.9 Å². The minimum Gasteiger partial charge on any atom is -0.378 e. The number of morpholine rings is 1. The highest BCUT2D eigenvalue weighted by atomic mass is 35.5. The van der Waals surface area contributed by atoms with Crippen LogP contribution in [0.5, 0.6) is 0 Å². The molecule has 28 heavy (non-hydrogen) atoms. The third kappa shape index (κ3) is 4.83. The van der Waals surface area contributed by atoms with E-state index in [2.05, 4.69) is 5.32 Å². The lowest BCUT2D eigenvalue weighted by molar-refractivity contribution is -0.384. The first-order chi connectivity index (χ1) is 12.8. The van der Waals surface area contributed by atoms with Gasteiger partial charge in [0.1, 0.15) is 11.7 Å². The number of alkyl halides is 3. The van der Waals surface area contributed by atoms with Crippen LogP contribution in [0, 0.1) is 10.1 Å². The molecule has 2 aliphatic heterocycles. The number of hydrogen-bond donors (Lipinski definition) is 1. The van der Waals surface area contributed by atoms with Gasteiger partial charge in [-0.1, -0.05) is 0 Å². The fourth-order valence-corrected chi connectivity index (χ4v) is 3.23. The summed E-state index contributed by atoms with van der Waals surface area (Å²) in [6.45, 7) is 2.69. The third-order valence-electron chi connectivity index (χ3n) is 4.65. The summed E-state index contributed by atoms with van der Waals surface area (Å²) < 4.78 is 43.8. The molecule has 1 unspecified atom stereocenters. The van der Waals surface area contributed by atoms with Crippen molar-refractivity contribution >= 4 is 29.7 Å². The molecule has 0 aromatic heterocycles. The van der Waals surface area contributed by atoms with Crippen LogP contribution in [0.4, 0.5) is 24.5 Å². The summed E-state index contributed by atoms with van der Waals surface area (Å²) in [7, 11) is 0. The highest BCUT2D eigenvalue weighted by Gasteiger charge is 2.35. The van der Waals surface area contributed by atoms with Gasteiger partial charge >= 0.3 is 6.18 Å². The zero-order chi connectivity index (χ0) is 19.6. The summed E-state index contributed by atoms with van der Waals surface area (Å²) in [5.74, 6) is -0.101. The Balaban J connectivity index is 0.00000280. The molecule has 0 bridgehead atoms. The van der Waals surface area contributed by atoms with E-state index in [9.17, 15) is 28.1 Å². The van der Waals surface area contributed by atoms with Gasteiger partial charge in [0.2, 0.25) is 5.91 Å². The fraction of sp³-hybridized carbons (Fsp3) is 0.562. The molecule has 156 valence electrons. The molecule has 0 saturated carbocycles. The lowest BCUT2D eigenvalue weighted by atomic mass is 10.1. The Labute approximate surface area is 165 Å². The molecule has 2 aliphatic rings. The topological polar surface area (TPSA) is 88.0 Å². The number of nitro groups is 1. The van der Waals surface area contributed by atoms with Gasteiger partial charge in [0, 0.05) is 38.8 Å². The molecular formula is C16H20ClF3N4O4. The number of nitro benzene ring substituents is 1. The summed E-state index contributed by atoms with van der Waals surface area (Å²) in [6, 6.07) is 2.10. The Morgan fingerprint density at radius 1 is 1.25 bits per heavy atom. The molecule has 0 aliphatic carbocycles. The minimum atomic E-state index is -4.65. The van der Waals surface area contributed by atoms with Crippen LogP contribution < -0.4 is 10.2 Å². The van der Waals surface area contributed by atoms with Crippen LogP contribution in [-0.2, 0) is 15.7 Å². The third-order valence-corrected chi connectivity index (χ3v) is 4.65. The van der Waals surface area contributed by atoms with Crippen LogP contribution in [0.25, 0.3) is 0 Å². The molecule has 2 fully saturated rings. The summed E-state index contributed by atoms with van der Waals surface area (Å²) in [5, 5.41) is 14.3. The zero-order valence-electron chi connectivity index (χ0n) is 14.8. The van der Waals surface area contributed by atoms with Crippen LogP contribution in [0.3, 0.4) is 0 Å². The number of hydrogen-bond acceptors (Lipinski definition) is 6. The van der Waals surface area contributed by atoms with Crippen LogP contribution in [0.1, 0.15) is 5.56 Å². The smallest absolute Gasteiger partial charge is 0.378 e. The second-order valence-electron chi connectivity index (χ2n) is 6.35. The number of rotatable bonds is 3. The maximum absolute atomic E-state index is 12.8. The molecule has 3 rings (SSSR count). The van der Waals surface area contributed by atoms with Crippen molar-refractivity contribution in [3.8, 4) is 0 Å². The highest BCUT2D eigenvalue weighted by molar-refractivity contribution is 5.85. The molecule has 0 spiro atoms. The first kappa shape index (κ1) is 22.2. The van der Waals surface area contributed by atoms with Gasteiger partial charge in [-0.25, -0.2) is 0 Å². The Morgan fingerprint density at radius 3 is 2.46 bits per heavy atom. The van der Waals surface area contributed by atoms with E-state index in [1.165, 1.54) is 0 Å². The van der Waals surface area contributed by atoms with E-state index in [-0.39, 0.29) is 24.0 Å². The summed E-state index contributed by atoms with van der Waals surface area (Å²) >= 11 is 0. The molecule has 1 aromatic rings. The van der Waals surface area contributed by atoms with Crippen molar-refractivity contribution in [1.29, 1.82) is 0 Å². The van der Waals surface area contributed by atoms with E-state index in [0.29, 0.717) is 52.0 Å². The summed E-state index contributed by atoms with van der Waals surface area (Å²) in [4.78, 5) is 26.2. The lowest BCUT2D eigenvalue weighted by Gasteiger charge is -2.38. The van der Waals surface area contributed by atoms with E-state index in [0.717, 1.165) is 12.1 Å². The fourth-order valence-electron chi connectivity index (χ4n) is 3.23. The van der Waals surface area contributed by atoms with Gasteiger partial charge in [0.25, 0.3) is 5.69 Å². The molecule has 1 N–H and O–H groups in total. The van der Waals surface area contributed by atoms with Crippen LogP contribution in [0.15, 0.2) is 18.2 Å². The van der Waals surface area contributed by atoms with E-state index in [4.69, 9.17) is 4.74 Å². The number of nitrogens with one attached hydrogen (secondary N) is 1. The van der Waals surface area contributed by atoms with Crippen molar-refractivity contribution in [1.82, 2.24) is 10.2 Å². The number of amides is 1. The Bertz CT molecular complexity index is 720. The van der Waals surface area contributed by atoms with Crippen molar-refractivity contribution in [2.75, 3.05) is 50.8 Å². The van der Waals surface area contributed by atoms with Gasteiger partial charge < -0.3 is 19.9 Å². The number of carbonyl (C=O) groups excluding carboxylic acids is 1. The summed E-state index contributed by atoms with van der Waals surface area (Å²) in [5.41, 5.74) is -1.53. The van der Waals surface area contributed by atoms with Crippen molar-refractivity contribution in [2.24, 2.45) is 0 Å². The normalized spacial score (nSPS) is 20.5. The molecule has 1 amide bonds. The quantitative estimate of drug-likeness (QED) is 0.586. The Kier molecular flexibility index (Phi) is 7.07. The summed E-state index contributed by atoms with van der Waals surface area (Å²) in [6.07, 6.45) is -4.65. The maximum Gasteiger partial charge on any atom is 0.416 e. The van der Waals surface area contributed by atoms with Crippen molar-refractivity contribution < 1.29 is 27.6 Å². The minimum absolute atomic E-state index is 0. The number of nitrogens with zero attached hydrogens (tertiary/aromatic N) is 3. The second-order valence-corrected chi connectivity index (χ2v) is 6.35. The van der Waals surface area contributed by atoms with E-state index < -0.39 is 28.4 Å². The number of halogens is 4. The van der Waals surface area contributed by atoms with Crippen molar-refractivity contribution in [3.63, 3.8) is 0 Å². The number of benzene rings is 1. The van der Waals surface area contributed by atoms with Crippen molar-refractivity contribution in [2.45, 2.75) is 12.2 Å². The molecular weight excluding hydrogens is 405 g/mol. The van der Waals surface area contributed by atoms with Gasteiger partial charge in [-0.05, 0) is 12.1 Å². The van der Waals surface area contributed by atoms with Crippen LogP contribution >= 0.6 is 12.4 Å². The van der Waals surface area contributed by atoms with Gasteiger partial charge in [-0.15, -0.1) is 12.4 Å². The predicted octanol–water partition coefficient (Wildman–Crippen LogP) is 1.67. The molecule has 12 heteroatoms. The molecule has 8 nitrogen and oxygen atoms in total. The van der Waals surface area contributed by atoms with E-state index in [1.807, 2.05) is 0 Å². The second kappa shape index (κ2) is 8.93. The standard InChI is InChI=1S/C16H19F3N4O4.ClH/c17-16(18,19)11-1-2-13(14(9-11)23(25)26)21-4-6-22(7-5-21)15(24)12-10-27-8-3-20-12;/h1-2,9,12,20H,3-8,10H2;1H. The highest BCUT2D eigenvalue weighted by Crippen LogP contribution is 2.36. The first-order valence-electron chi connectivity index (χ1n) is 8.48. The SMILES string of the molecule is Cl.O=C(C1COCCN1)N1CCN(c2ccc(C(F)(F)F)cc2[N+](=O)[O-])CC1. The monoisotopic (exact) mass is 424 g/mol. The molecule has 1 aromatic carbocycles. The van der Waals surface area contributed by atoms with Gasteiger partial charge in [0.05, 0.1) is 23.7 Å². The number of anilines is 1. The van der Waals surface area contributed by atoms with Crippen LogP contribution in [0.2, 0.25) is 0 Å². The average molecular weight is 425 g/mol. The number of ether oxygens (including phenoxy) is 1. The van der Waals surface area contributed by atoms with Crippen molar-refractivity contribution in [3.05, 3.63) is 33.9 Å². The lowest BCUT2D eigenvalue weighted by Crippen LogP contribution is -2.57. The van der Waals surface area contributed by atoms with Crippen LogP contribution in [-0.4, -0.2) is 67.7 Å². The van der Waals surface area contributed by atoms with Gasteiger partial charge in [0.15, 0.2) is 0 Å². The average Bonchev–Trinajstić information content (AvgIpc) is 2.67. The van der Waals surface area contributed by atoms with E-state index >= 15 is 0 Å². The Hall–Kier alpha value is -2.11. The molecule has 2 saturated heterocycles. The first-order valence-corrected chi connectivity index (χ1v) is 8.48. The number of piperazine rings is 1. The van der Waals surface area contributed by atoms with E-state index in [1.54, 1.807) is 9.80 Å². The maximum atomic E-state index is 12.8. The molecule has 0 radical (unpaired) electrons. The molecule has 2 heterocycles. The predicted molar refractivity (Wildman–Crippen MR) is 96.7 cm³/mol.